The Kier molecular flexibility index (Phi) is 3.85. The van der Waals surface area contributed by atoms with Gasteiger partial charge in [-0.15, -0.1) is 12.6 Å². The molecule has 21 heavy (non-hydrogen) atoms. The predicted octanol–water partition coefficient (Wildman–Crippen LogP) is 5.93. The van der Waals surface area contributed by atoms with Gasteiger partial charge in [-0.2, -0.15) is 0 Å². The number of thiol groups is 1. The zero-order chi connectivity index (χ0) is 14.8. The number of benzene rings is 3. The van der Waals surface area contributed by atoms with Gasteiger partial charge in [-0.1, -0.05) is 77.9 Å². The molecule has 0 aromatic heterocycles. The first-order valence-corrected chi connectivity index (χ1v) is 7.56. The first-order valence-electron chi connectivity index (χ1n) is 7.11. The molecule has 0 spiro atoms. The standard InChI is InChI=1S/C20H18S/c1-14-6-3-8-16(12-14)18-10-5-11-19(20(18)21)17-9-4-7-15(2)13-17/h3-13,21H,1-2H3. The molecule has 0 heterocycles. The Hall–Kier alpha value is -1.99. The predicted molar refractivity (Wildman–Crippen MR) is 94.0 cm³/mol. The van der Waals surface area contributed by atoms with Crippen LogP contribution in [-0.4, -0.2) is 0 Å². The number of hydrogen-bond donors (Lipinski definition) is 1. The van der Waals surface area contributed by atoms with Crippen LogP contribution in [0.4, 0.5) is 0 Å². The van der Waals surface area contributed by atoms with Gasteiger partial charge in [0.15, 0.2) is 0 Å². The third-order valence-corrected chi connectivity index (χ3v) is 4.18. The molecule has 0 saturated heterocycles. The zero-order valence-corrected chi connectivity index (χ0v) is 13.2. The summed E-state index contributed by atoms with van der Waals surface area (Å²) in [6, 6.07) is 23.5. The molecule has 0 unspecified atom stereocenters. The quantitative estimate of drug-likeness (QED) is 0.556. The molecular formula is C20H18S. The lowest BCUT2D eigenvalue weighted by molar-refractivity contribution is 1.40. The van der Waals surface area contributed by atoms with Crippen molar-refractivity contribution >= 4 is 12.6 Å². The summed E-state index contributed by atoms with van der Waals surface area (Å²) < 4.78 is 0. The third-order valence-electron chi connectivity index (χ3n) is 3.69. The van der Waals surface area contributed by atoms with Crippen LogP contribution < -0.4 is 0 Å². The van der Waals surface area contributed by atoms with Gasteiger partial charge < -0.3 is 0 Å². The molecule has 0 radical (unpaired) electrons. The summed E-state index contributed by atoms with van der Waals surface area (Å²) in [4.78, 5) is 1.04. The smallest absolute Gasteiger partial charge is 0.0197 e. The van der Waals surface area contributed by atoms with E-state index >= 15 is 0 Å². The van der Waals surface area contributed by atoms with Crippen molar-refractivity contribution in [2.45, 2.75) is 18.7 Å². The maximum Gasteiger partial charge on any atom is 0.0197 e. The second-order valence-electron chi connectivity index (χ2n) is 5.44. The SMILES string of the molecule is Cc1cccc(-c2cccc(-c3cccc(C)c3)c2S)c1. The number of hydrogen-bond acceptors (Lipinski definition) is 1. The van der Waals surface area contributed by atoms with Gasteiger partial charge in [0.25, 0.3) is 0 Å². The van der Waals surface area contributed by atoms with Gasteiger partial charge in [0.2, 0.25) is 0 Å². The van der Waals surface area contributed by atoms with Crippen LogP contribution in [0, 0.1) is 13.8 Å². The van der Waals surface area contributed by atoms with E-state index in [1.54, 1.807) is 0 Å². The first kappa shape index (κ1) is 14.0. The lowest BCUT2D eigenvalue weighted by Crippen LogP contribution is -1.87. The summed E-state index contributed by atoms with van der Waals surface area (Å²) in [7, 11) is 0. The van der Waals surface area contributed by atoms with Crippen LogP contribution in [0.25, 0.3) is 22.3 Å². The van der Waals surface area contributed by atoms with Crippen molar-refractivity contribution in [3.63, 3.8) is 0 Å². The fourth-order valence-corrected chi connectivity index (χ4v) is 3.04. The largest absolute Gasteiger partial charge is 0.142 e. The lowest BCUT2D eigenvalue weighted by atomic mass is 9.97. The van der Waals surface area contributed by atoms with E-state index in [0.717, 1.165) is 4.90 Å². The van der Waals surface area contributed by atoms with E-state index < -0.39 is 0 Å². The molecule has 0 aliphatic heterocycles. The van der Waals surface area contributed by atoms with Crippen molar-refractivity contribution in [2.75, 3.05) is 0 Å². The number of rotatable bonds is 2. The van der Waals surface area contributed by atoms with Crippen LogP contribution in [0.5, 0.6) is 0 Å². The molecule has 0 aliphatic carbocycles. The van der Waals surface area contributed by atoms with Crippen LogP contribution >= 0.6 is 12.6 Å². The second-order valence-corrected chi connectivity index (χ2v) is 5.89. The Morgan fingerprint density at radius 2 is 1.05 bits per heavy atom. The van der Waals surface area contributed by atoms with Crippen molar-refractivity contribution in [3.8, 4) is 22.3 Å². The van der Waals surface area contributed by atoms with Crippen LogP contribution in [0.15, 0.2) is 71.6 Å². The van der Waals surface area contributed by atoms with E-state index in [4.69, 9.17) is 12.6 Å². The fraction of sp³-hybridized carbons (Fsp3) is 0.100. The van der Waals surface area contributed by atoms with Gasteiger partial charge in [0.1, 0.15) is 0 Å². The summed E-state index contributed by atoms with van der Waals surface area (Å²) >= 11 is 4.80. The van der Waals surface area contributed by atoms with Crippen molar-refractivity contribution in [3.05, 3.63) is 77.9 Å². The molecule has 3 aromatic carbocycles. The Morgan fingerprint density at radius 3 is 1.48 bits per heavy atom. The van der Waals surface area contributed by atoms with Gasteiger partial charge in [0.05, 0.1) is 0 Å². The molecule has 1 heteroatoms. The molecule has 0 atom stereocenters. The second kappa shape index (κ2) is 5.79. The molecule has 0 nitrogen and oxygen atoms in total. The molecule has 104 valence electrons. The van der Waals surface area contributed by atoms with Crippen molar-refractivity contribution < 1.29 is 0 Å². The fourth-order valence-electron chi connectivity index (χ4n) is 2.63. The van der Waals surface area contributed by atoms with Crippen LogP contribution in [0.1, 0.15) is 11.1 Å². The van der Waals surface area contributed by atoms with Gasteiger partial charge in [-0.05, 0) is 36.1 Å². The Balaban J connectivity index is 2.16. The summed E-state index contributed by atoms with van der Waals surface area (Å²) in [5, 5.41) is 0. The maximum absolute atomic E-state index is 4.80. The average Bonchev–Trinajstić information content (AvgIpc) is 2.47. The lowest BCUT2D eigenvalue weighted by Gasteiger charge is -2.12. The Labute approximate surface area is 131 Å². The molecule has 0 aliphatic rings. The third kappa shape index (κ3) is 2.88. The van der Waals surface area contributed by atoms with Gasteiger partial charge in [0, 0.05) is 4.90 Å². The zero-order valence-electron chi connectivity index (χ0n) is 12.3. The summed E-state index contributed by atoms with van der Waals surface area (Å²) in [5.74, 6) is 0. The van der Waals surface area contributed by atoms with E-state index in [0.29, 0.717) is 0 Å². The molecule has 0 saturated carbocycles. The highest BCUT2D eigenvalue weighted by molar-refractivity contribution is 7.80. The molecule has 0 amide bonds. The molecule has 0 fully saturated rings. The summed E-state index contributed by atoms with van der Waals surface area (Å²) in [5.41, 5.74) is 7.33. The average molecular weight is 290 g/mol. The van der Waals surface area contributed by atoms with Crippen LogP contribution in [0.2, 0.25) is 0 Å². The van der Waals surface area contributed by atoms with E-state index in [9.17, 15) is 0 Å². The van der Waals surface area contributed by atoms with Crippen molar-refractivity contribution in [1.29, 1.82) is 0 Å². The van der Waals surface area contributed by atoms with Crippen LogP contribution in [0.3, 0.4) is 0 Å². The maximum atomic E-state index is 4.80. The van der Waals surface area contributed by atoms with Crippen LogP contribution in [-0.2, 0) is 0 Å². The van der Waals surface area contributed by atoms with Crippen molar-refractivity contribution in [1.82, 2.24) is 0 Å². The van der Waals surface area contributed by atoms with Gasteiger partial charge >= 0.3 is 0 Å². The molecule has 3 rings (SSSR count). The summed E-state index contributed by atoms with van der Waals surface area (Å²) in [6.45, 7) is 4.23. The highest BCUT2D eigenvalue weighted by Gasteiger charge is 2.09. The van der Waals surface area contributed by atoms with Gasteiger partial charge in [-0.25, -0.2) is 0 Å². The molecule has 3 aromatic rings. The molecule has 0 N–H and O–H groups in total. The Morgan fingerprint density at radius 1 is 0.619 bits per heavy atom. The summed E-state index contributed by atoms with van der Waals surface area (Å²) in [6.07, 6.45) is 0. The molecular weight excluding hydrogens is 272 g/mol. The minimum atomic E-state index is 1.04. The van der Waals surface area contributed by atoms with E-state index in [1.807, 2.05) is 0 Å². The van der Waals surface area contributed by atoms with Gasteiger partial charge in [-0.3, -0.25) is 0 Å². The molecule has 0 bridgehead atoms. The number of aryl methyl sites for hydroxylation is 2. The van der Waals surface area contributed by atoms with E-state index in [-0.39, 0.29) is 0 Å². The minimum absolute atomic E-state index is 1.04. The van der Waals surface area contributed by atoms with Crippen molar-refractivity contribution in [2.24, 2.45) is 0 Å². The van der Waals surface area contributed by atoms with E-state index in [2.05, 4.69) is 80.6 Å². The van der Waals surface area contributed by atoms with E-state index in [1.165, 1.54) is 33.4 Å². The highest BCUT2D eigenvalue weighted by Crippen LogP contribution is 2.35. The monoisotopic (exact) mass is 290 g/mol. The Bertz CT molecular complexity index is 724. The highest BCUT2D eigenvalue weighted by atomic mass is 32.1. The normalized spacial score (nSPS) is 10.6. The topological polar surface area (TPSA) is 0 Å². The first-order chi connectivity index (χ1) is 10.1. The minimum Gasteiger partial charge on any atom is -0.142 e.